The highest BCUT2D eigenvalue weighted by molar-refractivity contribution is 6.13. The van der Waals surface area contributed by atoms with Crippen LogP contribution < -0.4 is 20.2 Å². The number of aromatic nitrogens is 1. The number of nitrogens with zero attached hydrogens (tertiary/aromatic N) is 1. The van der Waals surface area contributed by atoms with Gasteiger partial charge in [-0.05, 0) is 79.5 Å². The van der Waals surface area contributed by atoms with E-state index in [1.165, 1.54) is 11.1 Å². The first-order valence-electron chi connectivity index (χ1n) is 13.3. The van der Waals surface area contributed by atoms with E-state index in [0.29, 0.717) is 33.1 Å². The zero-order valence-corrected chi connectivity index (χ0v) is 23.0. The number of hydrogen-bond donors (Lipinski definition) is 2. The lowest BCUT2D eigenvalue weighted by molar-refractivity contribution is 0.102. The summed E-state index contributed by atoms with van der Waals surface area (Å²) in [5.74, 6) is 1.22. The molecule has 0 atom stereocenters. The minimum atomic E-state index is -0.265. The normalized spacial score (nSPS) is 11.2. The van der Waals surface area contributed by atoms with Crippen LogP contribution in [-0.2, 0) is 12.8 Å². The summed E-state index contributed by atoms with van der Waals surface area (Å²) in [5.41, 5.74) is 4.69. The van der Waals surface area contributed by atoms with Crippen molar-refractivity contribution in [3.8, 4) is 11.5 Å². The van der Waals surface area contributed by atoms with E-state index < -0.39 is 0 Å². The largest absolute Gasteiger partial charge is 0.493 e. The predicted molar refractivity (Wildman–Crippen MR) is 161 cm³/mol. The number of hydrogen-bond acceptors (Lipinski definition) is 5. The van der Waals surface area contributed by atoms with Crippen molar-refractivity contribution in [2.45, 2.75) is 12.8 Å². The van der Waals surface area contributed by atoms with Crippen molar-refractivity contribution >= 4 is 33.4 Å². The molecule has 4 aromatic carbocycles. The highest BCUT2D eigenvalue weighted by atomic mass is 16.5. The molecule has 0 aliphatic heterocycles. The predicted octanol–water partition coefficient (Wildman–Crippen LogP) is 5.67. The Hall–Kier alpha value is -4.62. The average molecular weight is 536 g/mol. The molecule has 0 saturated carbocycles. The number of nitrogens with one attached hydrogen (secondary N) is 2. The molecule has 5 aromatic rings. The van der Waals surface area contributed by atoms with Crippen molar-refractivity contribution < 1.29 is 14.3 Å². The Morgan fingerprint density at radius 3 is 2.23 bits per heavy atom. The number of pyridine rings is 1. The molecule has 204 valence electrons. The first-order chi connectivity index (χ1) is 19.5. The molecule has 7 heteroatoms. The Kier molecular flexibility index (Phi) is 8.12. The number of anilines is 1. The second kappa shape index (κ2) is 12.1. The number of carbonyl (C=O) groups is 1. The summed E-state index contributed by atoms with van der Waals surface area (Å²) in [4.78, 5) is 31.7. The van der Waals surface area contributed by atoms with Crippen LogP contribution in [0, 0.1) is 0 Å². The summed E-state index contributed by atoms with van der Waals surface area (Å²) in [7, 11) is 5.41. The standard InChI is InChI=1S/C33H33N3O4/c1-36(20-18-23-13-16-29(39-2)30(21-23)40-3)19-17-22-11-14-24(15-12-22)34-33(38)27-9-6-8-26-31(27)35-28-10-5-4-7-25(28)32(26)37/h4-16,21H,17-20H2,1-3H3,(H,34,38)(H,35,37). The number of rotatable bonds is 10. The van der Waals surface area contributed by atoms with Crippen LogP contribution in [0.25, 0.3) is 21.8 Å². The Balaban J connectivity index is 1.19. The smallest absolute Gasteiger partial charge is 0.257 e. The molecular weight excluding hydrogens is 502 g/mol. The molecule has 1 aromatic heterocycles. The maximum atomic E-state index is 13.2. The van der Waals surface area contributed by atoms with Crippen LogP contribution in [0.15, 0.2) is 89.7 Å². The van der Waals surface area contributed by atoms with Gasteiger partial charge in [-0.1, -0.05) is 36.4 Å². The van der Waals surface area contributed by atoms with Crippen molar-refractivity contribution in [1.29, 1.82) is 0 Å². The quantitative estimate of drug-likeness (QED) is 0.225. The van der Waals surface area contributed by atoms with Crippen molar-refractivity contribution in [2.75, 3.05) is 39.7 Å². The molecule has 7 nitrogen and oxygen atoms in total. The van der Waals surface area contributed by atoms with Gasteiger partial charge in [0.05, 0.1) is 25.3 Å². The molecular formula is C33H33N3O4. The number of methoxy groups -OCH3 is 2. The molecule has 0 fully saturated rings. The number of likely N-dealkylation sites (N-methyl/N-ethyl adjacent to an activating group) is 1. The third-order valence-electron chi connectivity index (χ3n) is 7.21. The first-order valence-corrected chi connectivity index (χ1v) is 13.3. The monoisotopic (exact) mass is 535 g/mol. The Labute approximate surface area is 233 Å². The lowest BCUT2D eigenvalue weighted by Gasteiger charge is -2.17. The lowest BCUT2D eigenvalue weighted by Crippen LogP contribution is -2.23. The second-order valence-corrected chi connectivity index (χ2v) is 9.87. The first kappa shape index (κ1) is 27.0. The molecule has 0 aliphatic carbocycles. The minimum absolute atomic E-state index is 0.0861. The van der Waals surface area contributed by atoms with Crippen LogP contribution in [0.4, 0.5) is 5.69 Å². The van der Waals surface area contributed by atoms with E-state index in [2.05, 4.69) is 28.3 Å². The number of para-hydroxylation sites is 2. The number of amides is 1. The van der Waals surface area contributed by atoms with Gasteiger partial charge >= 0.3 is 0 Å². The van der Waals surface area contributed by atoms with Crippen molar-refractivity contribution in [3.63, 3.8) is 0 Å². The van der Waals surface area contributed by atoms with Gasteiger partial charge in [-0.25, -0.2) is 0 Å². The van der Waals surface area contributed by atoms with E-state index in [1.807, 2.05) is 54.6 Å². The summed E-state index contributed by atoms with van der Waals surface area (Å²) < 4.78 is 10.7. The van der Waals surface area contributed by atoms with Crippen LogP contribution >= 0.6 is 0 Å². The molecule has 0 aliphatic rings. The Morgan fingerprint density at radius 1 is 0.800 bits per heavy atom. The molecule has 0 saturated heterocycles. The fourth-order valence-corrected chi connectivity index (χ4v) is 4.88. The Bertz CT molecular complexity index is 1710. The van der Waals surface area contributed by atoms with Crippen molar-refractivity contribution in [1.82, 2.24) is 9.88 Å². The van der Waals surface area contributed by atoms with E-state index in [9.17, 15) is 9.59 Å². The van der Waals surface area contributed by atoms with Gasteiger partial charge in [0.15, 0.2) is 16.9 Å². The number of fused-ring (bicyclic) bond motifs is 2. The third kappa shape index (κ3) is 5.84. The number of H-pyrrole nitrogens is 1. The van der Waals surface area contributed by atoms with Crippen molar-refractivity contribution in [3.05, 3.63) is 112 Å². The zero-order chi connectivity index (χ0) is 28.1. The highest BCUT2D eigenvalue weighted by Gasteiger charge is 2.14. The van der Waals surface area contributed by atoms with Gasteiger partial charge in [0.25, 0.3) is 5.91 Å². The molecule has 1 heterocycles. The molecule has 0 spiro atoms. The van der Waals surface area contributed by atoms with Crippen LogP contribution in [-0.4, -0.2) is 50.1 Å². The second-order valence-electron chi connectivity index (χ2n) is 9.87. The van der Waals surface area contributed by atoms with Gasteiger partial charge in [0, 0.05) is 35.1 Å². The topological polar surface area (TPSA) is 83.7 Å². The fourth-order valence-electron chi connectivity index (χ4n) is 4.88. The van der Waals surface area contributed by atoms with Gasteiger partial charge in [0.1, 0.15) is 0 Å². The van der Waals surface area contributed by atoms with Crippen LogP contribution in [0.3, 0.4) is 0 Å². The molecule has 40 heavy (non-hydrogen) atoms. The summed E-state index contributed by atoms with van der Waals surface area (Å²) in [6.07, 6.45) is 1.81. The third-order valence-corrected chi connectivity index (χ3v) is 7.21. The van der Waals surface area contributed by atoms with E-state index in [4.69, 9.17) is 9.47 Å². The highest BCUT2D eigenvalue weighted by Crippen LogP contribution is 2.27. The molecule has 0 bridgehead atoms. The van der Waals surface area contributed by atoms with Crippen molar-refractivity contribution in [2.24, 2.45) is 0 Å². The van der Waals surface area contributed by atoms with Crippen LogP contribution in [0.1, 0.15) is 21.5 Å². The zero-order valence-electron chi connectivity index (χ0n) is 23.0. The maximum absolute atomic E-state index is 13.2. The van der Waals surface area contributed by atoms with Gasteiger partial charge in [-0.3, -0.25) is 9.59 Å². The molecule has 2 N–H and O–H groups in total. The molecule has 0 unspecified atom stereocenters. The van der Waals surface area contributed by atoms with E-state index in [0.717, 1.165) is 37.4 Å². The van der Waals surface area contributed by atoms with Gasteiger partial charge in [0.2, 0.25) is 0 Å². The lowest BCUT2D eigenvalue weighted by atomic mass is 10.1. The summed E-state index contributed by atoms with van der Waals surface area (Å²) in [6, 6.07) is 26.5. The summed E-state index contributed by atoms with van der Waals surface area (Å²) in [6.45, 7) is 1.84. The average Bonchev–Trinajstić information content (AvgIpc) is 2.99. The number of carbonyl (C=O) groups excluding carboxylic acids is 1. The van der Waals surface area contributed by atoms with E-state index in [1.54, 1.807) is 38.5 Å². The number of benzene rings is 4. The van der Waals surface area contributed by atoms with Crippen LogP contribution in [0.2, 0.25) is 0 Å². The fraction of sp³-hybridized carbons (Fsp3) is 0.212. The Morgan fingerprint density at radius 2 is 1.48 bits per heavy atom. The van der Waals surface area contributed by atoms with Gasteiger partial charge in [-0.2, -0.15) is 0 Å². The maximum Gasteiger partial charge on any atom is 0.257 e. The SMILES string of the molecule is COc1ccc(CCN(C)CCc2ccc(NC(=O)c3cccc4c(=O)c5ccccc5[nH]c34)cc2)cc1OC. The molecule has 5 rings (SSSR count). The van der Waals surface area contributed by atoms with E-state index >= 15 is 0 Å². The number of ether oxygens (including phenoxy) is 2. The number of aromatic amines is 1. The van der Waals surface area contributed by atoms with E-state index in [-0.39, 0.29) is 11.3 Å². The molecule has 1 amide bonds. The molecule has 0 radical (unpaired) electrons. The van der Waals surface area contributed by atoms with Gasteiger partial charge in [-0.15, -0.1) is 0 Å². The summed E-state index contributed by atoms with van der Waals surface area (Å²) in [5, 5.41) is 4.08. The minimum Gasteiger partial charge on any atom is -0.493 e. The van der Waals surface area contributed by atoms with Gasteiger partial charge < -0.3 is 24.7 Å². The summed E-state index contributed by atoms with van der Waals surface area (Å²) >= 11 is 0. The van der Waals surface area contributed by atoms with Crippen LogP contribution in [0.5, 0.6) is 11.5 Å².